The van der Waals surface area contributed by atoms with Gasteiger partial charge in [-0.05, 0) is 16.7 Å². The van der Waals surface area contributed by atoms with Gasteiger partial charge in [0.1, 0.15) is 0 Å². The summed E-state index contributed by atoms with van der Waals surface area (Å²) in [5.41, 5.74) is 6.50. The van der Waals surface area contributed by atoms with Gasteiger partial charge in [-0.15, -0.1) is 0 Å². The van der Waals surface area contributed by atoms with Crippen LogP contribution in [-0.2, 0) is 5.67 Å². The topological polar surface area (TPSA) is 26.0 Å². The lowest BCUT2D eigenvalue weighted by atomic mass is 9.79. The second-order valence-corrected chi connectivity index (χ2v) is 5.33. The van der Waals surface area contributed by atoms with Crippen LogP contribution in [0.4, 0.5) is 4.39 Å². The second-order valence-electron chi connectivity index (χ2n) is 5.33. The average molecular weight is 291 g/mol. The monoisotopic (exact) mass is 291 g/mol. The van der Waals surface area contributed by atoms with Crippen molar-refractivity contribution in [3.05, 3.63) is 108 Å². The first-order chi connectivity index (χ1) is 10.7. The van der Waals surface area contributed by atoms with Crippen LogP contribution >= 0.6 is 0 Å². The van der Waals surface area contributed by atoms with Crippen molar-refractivity contribution in [1.29, 1.82) is 0 Å². The third-order valence-electron chi connectivity index (χ3n) is 3.98. The van der Waals surface area contributed by atoms with E-state index < -0.39 is 11.7 Å². The van der Waals surface area contributed by atoms with Crippen LogP contribution in [0.2, 0.25) is 0 Å². The summed E-state index contributed by atoms with van der Waals surface area (Å²) in [6.45, 7) is 0. The van der Waals surface area contributed by atoms with Crippen molar-refractivity contribution in [1.82, 2.24) is 0 Å². The number of benzene rings is 3. The lowest BCUT2D eigenvalue weighted by Gasteiger charge is -2.33. The predicted molar refractivity (Wildman–Crippen MR) is 88.1 cm³/mol. The Morgan fingerprint density at radius 3 is 1.41 bits per heavy atom. The number of halogens is 1. The minimum atomic E-state index is -1.77. The summed E-state index contributed by atoms with van der Waals surface area (Å²) >= 11 is 0. The van der Waals surface area contributed by atoms with Crippen LogP contribution in [0.3, 0.4) is 0 Å². The van der Waals surface area contributed by atoms with E-state index in [-0.39, 0.29) is 0 Å². The first kappa shape index (κ1) is 14.5. The van der Waals surface area contributed by atoms with Crippen LogP contribution < -0.4 is 5.73 Å². The molecule has 110 valence electrons. The highest BCUT2D eigenvalue weighted by molar-refractivity contribution is 5.41. The molecule has 0 aromatic heterocycles. The van der Waals surface area contributed by atoms with Gasteiger partial charge in [-0.2, -0.15) is 0 Å². The van der Waals surface area contributed by atoms with Crippen LogP contribution in [0.1, 0.15) is 22.7 Å². The van der Waals surface area contributed by atoms with Gasteiger partial charge < -0.3 is 5.73 Å². The summed E-state index contributed by atoms with van der Waals surface area (Å²) in [5, 5.41) is 0. The third kappa shape index (κ3) is 2.53. The summed E-state index contributed by atoms with van der Waals surface area (Å²) in [4.78, 5) is 0. The van der Waals surface area contributed by atoms with Crippen LogP contribution in [0.15, 0.2) is 91.0 Å². The lowest BCUT2D eigenvalue weighted by Crippen LogP contribution is -2.36. The molecule has 0 radical (unpaired) electrons. The Balaban J connectivity index is 2.16. The zero-order chi connectivity index (χ0) is 15.4. The van der Waals surface area contributed by atoms with E-state index in [0.29, 0.717) is 11.1 Å². The summed E-state index contributed by atoms with van der Waals surface area (Å²) < 4.78 is 16.2. The molecule has 0 saturated carbocycles. The SMILES string of the molecule is N[C@@H](c1ccccc1)C(F)(c1ccccc1)c1ccccc1. The number of hydrogen-bond donors (Lipinski definition) is 1. The molecule has 1 atom stereocenters. The van der Waals surface area contributed by atoms with E-state index in [4.69, 9.17) is 5.73 Å². The zero-order valence-electron chi connectivity index (χ0n) is 12.2. The van der Waals surface area contributed by atoms with Crippen LogP contribution in [0.25, 0.3) is 0 Å². The third-order valence-corrected chi connectivity index (χ3v) is 3.98. The van der Waals surface area contributed by atoms with Crippen molar-refractivity contribution in [3.8, 4) is 0 Å². The van der Waals surface area contributed by atoms with Gasteiger partial charge in [-0.1, -0.05) is 91.0 Å². The number of alkyl halides is 1. The Morgan fingerprint density at radius 2 is 1.00 bits per heavy atom. The molecule has 0 amide bonds. The number of rotatable bonds is 4. The molecule has 0 bridgehead atoms. The Hall–Kier alpha value is -2.45. The first-order valence-corrected chi connectivity index (χ1v) is 7.33. The predicted octanol–water partition coefficient (Wildman–Crippen LogP) is 4.60. The molecule has 2 N–H and O–H groups in total. The van der Waals surface area contributed by atoms with Gasteiger partial charge in [0.2, 0.25) is 0 Å². The van der Waals surface area contributed by atoms with Crippen LogP contribution in [-0.4, -0.2) is 0 Å². The molecular weight excluding hydrogens is 273 g/mol. The molecule has 0 aliphatic rings. The van der Waals surface area contributed by atoms with Gasteiger partial charge in [0, 0.05) is 0 Å². The summed E-state index contributed by atoms with van der Waals surface area (Å²) in [6.07, 6.45) is 0. The van der Waals surface area contributed by atoms with Crippen molar-refractivity contribution in [2.45, 2.75) is 11.7 Å². The van der Waals surface area contributed by atoms with Crippen LogP contribution in [0, 0.1) is 0 Å². The Kier molecular flexibility index (Phi) is 4.03. The van der Waals surface area contributed by atoms with E-state index in [1.54, 1.807) is 24.3 Å². The standard InChI is InChI=1S/C20H18FN/c21-20(17-12-6-2-7-13-17,18-14-8-3-9-15-18)19(22)16-10-4-1-5-11-16/h1-15,19H,22H2/t19-/m0/s1. The lowest BCUT2D eigenvalue weighted by molar-refractivity contribution is 0.177. The Labute approximate surface area is 130 Å². The molecule has 0 aliphatic carbocycles. The van der Waals surface area contributed by atoms with Crippen LogP contribution in [0.5, 0.6) is 0 Å². The van der Waals surface area contributed by atoms with Gasteiger partial charge in [0.25, 0.3) is 0 Å². The van der Waals surface area contributed by atoms with Crippen molar-refractivity contribution < 1.29 is 4.39 Å². The molecular formula is C20H18FN. The highest BCUT2D eigenvalue weighted by atomic mass is 19.1. The van der Waals surface area contributed by atoms with E-state index in [9.17, 15) is 0 Å². The minimum Gasteiger partial charge on any atom is -0.321 e. The Morgan fingerprint density at radius 1 is 0.636 bits per heavy atom. The van der Waals surface area contributed by atoms with Gasteiger partial charge in [0.15, 0.2) is 5.67 Å². The van der Waals surface area contributed by atoms with Crippen molar-refractivity contribution in [2.75, 3.05) is 0 Å². The molecule has 2 heteroatoms. The molecule has 0 unspecified atom stereocenters. The maximum Gasteiger partial charge on any atom is 0.180 e. The smallest absolute Gasteiger partial charge is 0.180 e. The molecule has 0 heterocycles. The minimum absolute atomic E-state index is 0.567. The van der Waals surface area contributed by atoms with Gasteiger partial charge in [-0.25, -0.2) is 4.39 Å². The van der Waals surface area contributed by atoms with E-state index >= 15 is 4.39 Å². The van der Waals surface area contributed by atoms with Crippen molar-refractivity contribution >= 4 is 0 Å². The maximum atomic E-state index is 16.2. The molecule has 3 aromatic carbocycles. The fourth-order valence-electron chi connectivity index (χ4n) is 2.78. The average Bonchev–Trinajstić information content (AvgIpc) is 2.62. The zero-order valence-corrected chi connectivity index (χ0v) is 12.2. The molecule has 0 aliphatic heterocycles. The fraction of sp³-hybridized carbons (Fsp3) is 0.100. The highest BCUT2D eigenvalue weighted by Gasteiger charge is 2.41. The largest absolute Gasteiger partial charge is 0.321 e. The number of nitrogens with two attached hydrogens (primary N) is 1. The molecule has 3 rings (SSSR count). The summed E-state index contributed by atoms with van der Waals surface area (Å²) in [7, 11) is 0. The van der Waals surface area contributed by atoms with E-state index in [0.717, 1.165) is 5.56 Å². The van der Waals surface area contributed by atoms with E-state index in [1.807, 2.05) is 66.7 Å². The molecule has 0 fully saturated rings. The quantitative estimate of drug-likeness (QED) is 0.747. The van der Waals surface area contributed by atoms with Gasteiger partial charge in [0.05, 0.1) is 6.04 Å². The normalized spacial score (nSPS) is 12.8. The molecule has 1 nitrogen and oxygen atoms in total. The molecule has 0 saturated heterocycles. The number of hydrogen-bond acceptors (Lipinski definition) is 1. The molecule has 0 spiro atoms. The van der Waals surface area contributed by atoms with Crippen molar-refractivity contribution in [3.63, 3.8) is 0 Å². The van der Waals surface area contributed by atoms with Gasteiger partial charge in [-0.3, -0.25) is 0 Å². The Bertz CT molecular complexity index is 671. The molecule has 22 heavy (non-hydrogen) atoms. The van der Waals surface area contributed by atoms with Crippen molar-refractivity contribution in [2.24, 2.45) is 5.73 Å². The van der Waals surface area contributed by atoms with Gasteiger partial charge >= 0.3 is 0 Å². The highest BCUT2D eigenvalue weighted by Crippen LogP contribution is 2.43. The summed E-state index contributed by atoms with van der Waals surface area (Å²) in [6, 6.07) is 26.9. The van der Waals surface area contributed by atoms with E-state index in [2.05, 4.69) is 0 Å². The molecule has 3 aromatic rings. The van der Waals surface area contributed by atoms with E-state index in [1.165, 1.54) is 0 Å². The summed E-state index contributed by atoms with van der Waals surface area (Å²) in [5.74, 6) is 0. The second kappa shape index (κ2) is 6.12. The fourth-order valence-corrected chi connectivity index (χ4v) is 2.78. The maximum absolute atomic E-state index is 16.2. The first-order valence-electron chi connectivity index (χ1n) is 7.33.